The fraction of sp³-hybridized carbons (Fsp3) is 0.318. The summed E-state index contributed by atoms with van der Waals surface area (Å²) in [5.41, 5.74) is 4.32. The van der Waals surface area contributed by atoms with Crippen molar-refractivity contribution in [2.24, 2.45) is 0 Å². The van der Waals surface area contributed by atoms with E-state index in [1.54, 1.807) is 26.4 Å². The number of phenols is 1. The van der Waals surface area contributed by atoms with E-state index < -0.39 is 0 Å². The van der Waals surface area contributed by atoms with Gasteiger partial charge in [-0.1, -0.05) is 25.1 Å². The summed E-state index contributed by atoms with van der Waals surface area (Å²) in [5.74, 6) is 1.28. The lowest BCUT2D eigenvalue weighted by atomic mass is 9.77. The van der Waals surface area contributed by atoms with Crippen LogP contribution in [0.1, 0.15) is 31.4 Å². The van der Waals surface area contributed by atoms with Gasteiger partial charge in [0.05, 0.1) is 25.2 Å². The van der Waals surface area contributed by atoms with Gasteiger partial charge in [-0.2, -0.15) is 4.58 Å². The van der Waals surface area contributed by atoms with Gasteiger partial charge >= 0.3 is 0 Å². The third-order valence-corrected chi connectivity index (χ3v) is 5.45. The molecule has 2 aromatic carbocycles. The first-order valence-electron chi connectivity index (χ1n) is 8.80. The Kier molecular flexibility index (Phi) is 4.77. The van der Waals surface area contributed by atoms with Crippen molar-refractivity contribution >= 4 is 17.5 Å². The standard InChI is InChI=1S/C22H25NO3/c1-6-22(2)17-9-7-8-10-18(17)23(3)21(22)12-11-16-19(24)13-15(25-4)14-20(16)26-5/h7-14H,6H2,1-5H3/p+1. The van der Waals surface area contributed by atoms with Gasteiger partial charge in [-0.25, -0.2) is 0 Å². The molecule has 0 saturated carbocycles. The molecule has 1 atom stereocenters. The van der Waals surface area contributed by atoms with E-state index in [0.29, 0.717) is 17.1 Å². The second-order valence-corrected chi connectivity index (χ2v) is 6.74. The van der Waals surface area contributed by atoms with Gasteiger partial charge in [-0.3, -0.25) is 0 Å². The predicted octanol–water partition coefficient (Wildman–Crippen LogP) is 4.52. The van der Waals surface area contributed by atoms with Crippen molar-refractivity contribution in [2.45, 2.75) is 25.7 Å². The largest absolute Gasteiger partial charge is 0.507 e. The highest BCUT2D eigenvalue weighted by Crippen LogP contribution is 2.42. The normalized spacial score (nSPS) is 19.1. The average molecular weight is 352 g/mol. The van der Waals surface area contributed by atoms with Crippen molar-refractivity contribution in [3.05, 3.63) is 53.6 Å². The molecular weight excluding hydrogens is 326 g/mol. The molecule has 1 aliphatic heterocycles. The number of nitrogens with zero attached hydrogens (tertiary/aromatic N) is 1. The van der Waals surface area contributed by atoms with E-state index in [2.05, 4.69) is 55.8 Å². The summed E-state index contributed by atoms with van der Waals surface area (Å²) < 4.78 is 12.9. The minimum Gasteiger partial charge on any atom is -0.507 e. The molecule has 0 aromatic heterocycles. The van der Waals surface area contributed by atoms with Crippen LogP contribution in [0.15, 0.2) is 42.5 Å². The maximum Gasteiger partial charge on any atom is 0.209 e. The van der Waals surface area contributed by atoms with Crippen LogP contribution in [-0.4, -0.2) is 36.7 Å². The predicted molar refractivity (Wildman–Crippen MR) is 105 cm³/mol. The Labute approximate surface area is 155 Å². The zero-order valence-electron chi connectivity index (χ0n) is 16.0. The first-order chi connectivity index (χ1) is 12.5. The van der Waals surface area contributed by atoms with Gasteiger partial charge < -0.3 is 14.6 Å². The van der Waals surface area contributed by atoms with Gasteiger partial charge in [-0.15, -0.1) is 0 Å². The monoisotopic (exact) mass is 352 g/mol. The van der Waals surface area contributed by atoms with Gasteiger partial charge in [-0.05, 0) is 19.4 Å². The van der Waals surface area contributed by atoms with E-state index in [-0.39, 0.29) is 11.2 Å². The average Bonchev–Trinajstić information content (AvgIpc) is 2.88. The van der Waals surface area contributed by atoms with E-state index in [0.717, 1.165) is 6.42 Å². The summed E-state index contributed by atoms with van der Waals surface area (Å²) in [5, 5.41) is 10.4. The smallest absolute Gasteiger partial charge is 0.209 e. The van der Waals surface area contributed by atoms with Crippen molar-refractivity contribution in [3.63, 3.8) is 0 Å². The second-order valence-electron chi connectivity index (χ2n) is 6.74. The molecule has 0 spiro atoms. The number of benzene rings is 2. The summed E-state index contributed by atoms with van der Waals surface area (Å²) >= 11 is 0. The molecule has 0 amide bonds. The molecule has 136 valence electrons. The first kappa shape index (κ1) is 18.1. The van der Waals surface area contributed by atoms with Crippen molar-refractivity contribution in [2.75, 3.05) is 21.3 Å². The van der Waals surface area contributed by atoms with Crippen LogP contribution in [-0.2, 0) is 5.41 Å². The molecule has 2 aromatic rings. The van der Waals surface area contributed by atoms with Crippen molar-refractivity contribution in [1.82, 2.24) is 0 Å². The summed E-state index contributed by atoms with van der Waals surface area (Å²) in [6.07, 6.45) is 4.98. The van der Waals surface area contributed by atoms with E-state index in [4.69, 9.17) is 9.47 Å². The van der Waals surface area contributed by atoms with Crippen molar-refractivity contribution < 1.29 is 19.2 Å². The molecule has 0 radical (unpaired) electrons. The highest BCUT2D eigenvalue weighted by atomic mass is 16.5. The third kappa shape index (κ3) is 2.75. The Balaban J connectivity index is 2.08. The zero-order valence-corrected chi connectivity index (χ0v) is 16.0. The molecule has 4 heteroatoms. The second kappa shape index (κ2) is 6.87. The summed E-state index contributed by atoms with van der Waals surface area (Å²) in [4.78, 5) is 0. The minimum absolute atomic E-state index is 0.0723. The molecule has 3 rings (SSSR count). The van der Waals surface area contributed by atoms with Gasteiger partial charge in [0.25, 0.3) is 0 Å². The third-order valence-electron chi connectivity index (χ3n) is 5.45. The van der Waals surface area contributed by atoms with Crippen LogP contribution in [0, 0.1) is 0 Å². The van der Waals surface area contributed by atoms with Crippen LogP contribution in [0.25, 0.3) is 6.08 Å². The number of phenolic OH excluding ortho intramolecular Hbond substituents is 1. The van der Waals surface area contributed by atoms with Crippen molar-refractivity contribution in [1.29, 1.82) is 0 Å². The molecule has 0 aliphatic carbocycles. The fourth-order valence-electron chi connectivity index (χ4n) is 3.74. The number of hydrogen-bond donors (Lipinski definition) is 1. The van der Waals surface area contributed by atoms with Gasteiger partial charge in [0.1, 0.15) is 24.3 Å². The van der Waals surface area contributed by atoms with Crippen LogP contribution >= 0.6 is 0 Å². The van der Waals surface area contributed by atoms with Gasteiger partial charge in [0.2, 0.25) is 5.69 Å². The number of ether oxygens (including phenoxy) is 2. The maximum absolute atomic E-state index is 10.4. The highest BCUT2D eigenvalue weighted by molar-refractivity contribution is 6.05. The lowest BCUT2D eigenvalue weighted by Crippen LogP contribution is -2.29. The number of aromatic hydroxyl groups is 1. The highest BCUT2D eigenvalue weighted by Gasteiger charge is 2.44. The number of allylic oxidation sites excluding steroid dienone is 1. The lowest BCUT2D eigenvalue weighted by molar-refractivity contribution is -0.401. The van der Waals surface area contributed by atoms with Crippen LogP contribution in [0.2, 0.25) is 0 Å². The summed E-state index contributed by atoms with van der Waals surface area (Å²) in [7, 11) is 5.24. The number of para-hydroxylation sites is 1. The Morgan fingerprint density at radius 3 is 2.50 bits per heavy atom. The zero-order chi connectivity index (χ0) is 18.9. The Morgan fingerprint density at radius 2 is 1.85 bits per heavy atom. The molecule has 26 heavy (non-hydrogen) atoms. The van der Waals surface area contributed by atoms with Crippen LogP contribution in [0.3, 0.4) is 0 Å². The Bertz CT molecular complexity index is 898. The fourth-order valence-corrected chi connectivity index (χ4v) is 3.74. The summed E-state index contributed by atoms with van der Waals surface area (Å²) in [6.45, 7) is 4.47. The molecule has 1 heterocycles. The van der Waals surface area contributed by atoms with E-state index >= 15 is 0 Å². The van der Waals surface area contributed by atoms with E-state index in [1.165, 1.54) is 17.0 Å². The van der Waals surface area contributed by atoms with Crippen molar-refractivity contribution in [3.8, 4) is 17.2 Å². The SMILES string of the molecule is CCC1(C)C(/C=C/c2c(O)cc(OC)cc2OC)=[N+](C)c2ccccc21. The van der Waals surface area contributed by atoms with Crippen LogP contribution < -0.4 is 9.47 Å². The Hall–Kier alpha value is -2.75. The number of rotatable bonds is 5. The van der Waals surface area contributed by atoms with Crippen LogP contribution in [0.4, 0.5) is 5.69 Å². The molecular formula is C22H26NO3+. The topological polar surface area (TPSA) is 41.7 Å². The molecule has 4 nitrogen and oxygen atoms in total. The molecule has 1 aliphatic rings. The van der Waals surface area contributed by atoms with Gasteiger partial charge in [0.15, 0.2) is 5.71 Å². The molecule has 0 bridgehead atoms. The number of methoxy groups -OCH3 is 2. The first-order valence-corrected chi connectivity index (χ1v) is 8.80. The van der Waals surface area contributed by atoms with E-state index in [1.807, 2.05) is 6.08 Å². The number of fused-ring (bicyclic) bond motifs is 1. The molecule has 0 saturated heterocycles. The lowest BCUT2D eigenvalue weighted by Gasteiger charge is -2.20. The maximum atomic E-state index is 10.4. The summed E-state index contributed by atoms with van der Waals surface area (Å²) in [6, 6.07) is 11.9. The minimum atomic E-state index is -0.0723. The van der Waals surface area contributed by atoms with Gasteiger partial charge in [0, 0.05) is 29.8 Å². The number of hydrogen-bond acceptors (Lipinski definition) is 3. The quantitative estimate of drug-likeness (QED) is 0.805. The molecule has 1 N–H and O–H groups in total. The molecule has 1 unspecified atom stereocenters. The Morgan fingerprint density at radius 1 is 1.12 bits per heavy atom. The molecule has 0 fully saturated rings. The van der Waals surface area contributed by atoms with Crippen LogP contribution in [0.5, 0.6) is 17.2 Å². The van der Waals surface area contributed by atoms with E-state index in [9.17, 15) is 5.11 Å².